The van der Waals surface area contributed by atoms with Gasteiger partial charge in [0.1, 0.15) is 5.69 Å². The molecule has 0 aliphatic heterocycles. The monoisotopic (exact) mass is 537 g/mol. The van der Waals surface area contributed by atoms with Crippen LogP contribution in [0.3, 0.4) is 0 Å². The molecule has 2 aromatic carbocycles. The summed E-state index contributed by atoms with van der Waals surface area (Å²) in [5.74, 6) is -1.69. The van der Waals surface area contributed by atoms with Crippen molar-refractivity contribution in [2.75, 3.05) is 13.2 Å². The summed E-state index contributed by atoms with van der Waals surface area (Å²) < 4.78 is 32.4. The van der Waals surface area contributed by atoms with E-state index in [0.717, 1.165) is 25.5 Å². The molecule has 0 aliphatic rings. The predicted molar refractivity (Wildman–Crippen MR) is 142 cm³/mol. The molecular weight excluding hydrogens is 506 g/mol. The average Bonchev–Trinajstić information content (AvgIpc) is 2.92. The number of pyridine rings is 1. The zero-order valence-corrected chi connectivity index (χ0v) is 22.2. The van der Waals surface area contributed by atoms with Crippen molar-refractivity contribution in [3.05, 3.63) is 95.3 Å². The van der Waals surface area contributed by atoms with Crippen molar-refractivity contribution in [1.29, 1.82) is 0 Å². The number of unbranched alkanes of at least 4 members (excludes halogenated alkanes) is 1. The first-order valence-electron chi connectivity index (χ1n) is 12.3. The van der Waals surface area contributed by atoms with Crippen molar-refractivity contribution in [2.45, 2.75) is 38.0 Å². The van der Waals surface area contributed by atoms with Gasteiger partial charge < -0.3 is 10.1 Å². The van der Waals surface area contributed by atoms with Gasteiger partial charge in [-0.2, -0.15) is 0 Å². The van der Waals surface area contributed by atoms with E-state index in [0.29, 0.717) is 12.1 Å². The first kappa shape index (κ1) is 28.5. The number of aromatic nitrogens is 1. The molecular formula is C28H31N3O6S. The summed E-state index contributed by atoms with van der Waals surface area (Å²) in [7, 11) is -4.20. The number of nitrogens with zero attached hydrogens (tertiary/aromatic N) is 1. The van der Waals surface area contributed by atoms with Crippen molar-refractivity contribution in [2.24, 2.45) is 5.92 Å². The summed E-state index contributed by atoms with van der Waals surface area (Å²) in [6, 6.07) is 18.0. The lowest BCUT2D eigenvalue weighted by atomic mass is 10.1. The lowest BCUT2D eigenvalue weighted by molar-refractivity contribution is 0.0451. The third-order valence-electron chi connectivity index (χ3n) is 5.46. The number of aryl methyl sites for hydroxylation is 1. The number of hydrogen-bond donors (Lipinski definition) is 2. The van der Waals surface area contributed by atoms with E-state index in [4.69, 9.17) is 4.74 Å². The molecule has 0 atom stereocenters. The lowest BCUT2D eigenvalue weighted by Gasteiger charge is -2.09. The Kier molecular flexibility index (Phi) is 10.1. The molecule has 0 spiro atoms. The molecule has 0 fully saturated rings. The largest absolute Gasteiger partial charge is 0.461 e. The third kappa shape index (κ3) is 8.52. The zero-order valence-electron chi connectivity index (χ0n) is 21.3. The molecule has 3 rings (SSSR count). The second-order valence-corrected chi connectivity index (χ2v) is 10.8. The highest BCUT2D eigenvalue weighted by Gasteiger charge is 2.20. The van der Waals surface area contributed by atoms with Crippen LogP contribution >= 0.6 is 0 Å². The Bertz CT molecular complexity index is 1340. The van der Waals surface area contributed by atoms with Gasteiger partial charge in [-0.1, -0.05) is 44.2 Å². The maximum Gasteiger partial charge on any atom is 0.356 e. The van der Waals surface area contributed by atoms with Crippen LogP contribution in [0.4, 0.5) is 0 Å². The topological polar surface area (TPSA) is 132 Å². The number of esters is 1. The van der Waals surface area contributed by atoms with Crippen LogP contribution in [0.5, 0.6) is 0 Å². The maximum absolute atomic E-state index is 12.7. The lowest BCUT2D eigenvalue weighted by Crippen LogP contribution is -2.31. The summed E-state index contributed by atoms with van der Waals surface area (Å²) in [6.07, 6.45) is 3.78. The van der Waals surface area contributed by atoms with E-state index >= 15 is 0 Å². The minimum atomic E-state index is -4.20. The van der Waals surface area contributed by atoms with Crippen LogP contribution in [-0.4, -0.2) is 44.3 Å². The van der Waals surface area contributed by atoms with Gasteiger partial charge in [0.25, 0.3) is 21.8 Å². The van der Waals surface area contributed by atoms with E-state index in [9.17, 15) is 22.8 Å². The number of rotatable bonds is 12. The Balaban J connectivity index is 1.50. The predicted octanol–water partition coefficient (Wildman–Crippen LogP) is 3.77. The van der Waals surface area contributed by atoms with Gasteiger partial charge in [0, 0.05) is 18.3 Å². The highest BCUT2D eigenvalue weighted by atomic mass is 32.2. The number of carbonyl (C=O) groups is 3. The van der Waals surface area contributed by atoms with E-state index in [1.165, 1.54) is 42.0 Å². The van der Waals surface area contributed by atoms with Crippen LogP contribution in [0.15, 0.2) is 77.8 Å². The molecule has 0 unspecified atom stereocenters. The third-order valence-corrected chi connectivity index (χ3v) is 6.80. The molecule has 0 bridgehead atoms. The molecule has 2 N–H and O–H groups in total. The number of sulfonamides is 1. The molecule has 0 radical (unpaired) electrons. The highest BCUT2D eigenvalue weighted by molar-refractivity contribution is 7.90. The average molecular weight is 538 g/mol. The summed E-state index contributed by atoms with van der Waals surface area (Å²) >= 11 is 0. The first-order valence-corrected chi connectivity index (χ1v) is 13.8. The first-order chi connectivity index (χ1) is 18.2. The fourth-order valence-electron chi connectivity index (χ4n) is 3.39. The fourth-order valence-corrected chi connectivity index (χ4v) is 4.37. The van der Waals surface area contributed by atoms with Crippen LogP contribution in [0.1, 0.15) is 63.5 Å². The molecule has 2 amide bonds. The van der Waals surface area contributed by atoms with Gasteiger partial charge in [-0.25, -0.2) is 22.9 Å². The molecule has 10 heteroatoms. The zero-order chi connectivity index (χ0) is 27.5. The van der Waals surface area contributed by atoms with E-state index < -0.39 is 21.9 Å². The Labute approximate surface area is 222 Å². The molecule has 9 nitrogen and oxygen atoms in total. The second-order valence-electron chi connectivity index (χ2n) is 9.08. The van der Waals surface area contributed by atoms with E-state index in [-0.39, 0.29) is 34.6 Å². The standard InChI is InChI=1S/C28H31N3O6S/c1-20(2)19-37-28(34)25-16-13-23(18-30-25)27(33)31-38(35,36)24-14-11-22(12-15-24)26(32)29-17-7-6-10-21-8-4-3-5-9-21/h3-5,8-9,11-16,18,20H,6-7,10,17,19H2,1-2H3,(H,29,32)(H,31,33). The Morgan fingerprint density at radius 1 is 0.868 bits per heavy atom. The van der Waals surface area contributed by atoms with Crippen LogP contribution in [0.25, 0.3) is 0 Å². The molecule has 1 heterocycles. The molecule has 38 heavy (non-hydrogen) atoms. The van der Waals surface area contributed by atoms with Crippen LogP contribution < -0.4 is 10.0 Å². The molecule has 0 saturated carbocycles. The van der Waals surface area contributed by atoms with Crippen molar-refractivity contribution in [3.8, 4) is 0 Å². The SMILES string of the molecule is CC(C)COC(=O)c1ccc(C(=O)NS(=O)(=O)c2ccc(C(=O)NCCCCc3ccccc3)cc2)cn1. The molecule has 200 valence electrons. The van der Waals surface area contributed by atoms with Gasteiger partial charge in [-0.3, -0.25) is 9.59 Å². The van der Waals surface area contributed by atoms with Crippen LogP contribution in [0.2, 0.25) is 0 Å². The molecule has 0 saturated heterocycles. The normalized spacial score (nSPS) is 11.1. The number of nitrogens with one attached hydrogen (secondary N) is 2. The van der Waals surface area contributed by atoms with Gasteiger partial charge in [-0.15, -0.1) is 0 Å². The Hall–Kier alpha value is -4.05. The van der Waals surface area contributed by atoms with Gasteiger partial charge in [0.15, 0.2) is 0 Å². The summed E-state index contributed by atoms with van der Waals surface area (Å²) in [6.45, 7) is 4.53. The van der Waals surface area contributed by atoms with Crippen LogP contribution in [0, 0.1) is 5.92 Å². The van der Waals surface area contributed by atoms with E-state index in [2.05, 4.69) is 22.4 Å². The van der Waals surface area contributed by atoms with Gasteiger partial charge >= 0.3 is 5.97 Å². The minimum absolute atomic E-state index is 0.00937. The maximum atomic E-state index is 12.7. The van der Waals surface area contributed by atoms with E-state index in [1.54, 1.807) is 0 Å². The smallest absolute Gasteiger partial charge is 0.356 e. The second kappa shape index (κ2) is 13.5. The minimum Gasteiger partial charge on any atom is -0.461 e. The fraction of sp³-hybridized carbons (Fsp3) is 0.286. The number of ether oxygens (including phenoxy) is 1. The van der Waals surface area contributed by atoms with Gasteiger partial charge in [0.2, 0.25) is 0 Å². The van der Waals surface area contributed by atoms with Gasteiger partial charge in [-0.05, 0) is 67.1 Å². The quantitative estimate of drug-likeness (QED) is 0.266. The van der Waals surface area contributed by atoms with E-state index in [1.807, 2.05) is 36.8 Å². The van der Waals surface area contributed by atoms with Crippen molar-refractivity contribution in [1.82, 2.24) is 15.0 Å². The number of benzene rings is 2. The summed E-state index contributed by atoms with van der Waals surface area (Å²) in [4.78, 5) is 40.5. The number of hydrogen-bond acceptors (Lipinski definition) is 7. The van der Waals surface area contributed by atoms with Crippen molar-refractivity contribution in [3.63, 3.8) is 0 Å². The summed E-state index contributed by atoms with van der Waals surface area (Å²) in [5, 5.41) is 2.82. The molecule has 3 aromatic rings. The van der Waals surface area contributed by atoms with Gasteiger partial charge in [0.05, 0.1) is 17.1 Å². The Morgan fingerprint density at radius 3 is 2.18 bits per heavy atom. The van der Waals surface area contributed by atoms with Crippen molar-refractivity contribution < 1.29 is 27.5 Å². The highest BCUT2D eigenvalue weighted by Crippen LogP contribution is 2.12. The number of carbonyl (C=O) groups excluding carboxylic acids is 3. The van der Waals surface area contributed by atoms with Crippen molar-refractivity contribution >= 4 is 27.8 Å². The van der Waals surface area contributed by atoms with Crippen LogP contribution in [-0.2, 0) is 21.2 Å². The molecule has 0 aliphatic carbocycles. The number of amides is 2. The molecule has 1 aromatic heterocycles. The Morgan fingerprint density at radius 2 is 1.55 bits per heavy atom. The summed E-state index contributed by atoms with van der Waals surface area (Å²) in [5.41, 5.74) is 1.52.